The summed E-state index contributed by atoms with van der Waals surface area (Å²) in [6, 6.07) is 8.89. The van der Waals surface area contributed by atoms with Crippen molar-refractivity contribution in [1.29, 1.82) is 0 Å². The molecular formula is C16H23BrN2O. The summed E-state index contributed by atoms with van der Waals surface area (Å²) in [7, 11) is 0. The standard InChI is InChI=1S/C16H23BrN2O/c1-11-10-14(7-8-18-11)16(20)19-12(2)9-13-3-5-15(17)6-4-13/h3-6,11-12,14,18H,7-10H2,1-2H3,(H,19,20)/t11-,12?,14-/m0/s1. The summed E-state index contributed by atoms with van der Waals surface area (Å²) in [5, 5.41) is 6.54. The van der Waals surface area contributed by atoms with E-state index < -0.39 is 0 Å². The molecule has 1 heterocycles. The molecule has 0 spiro atoms. The second-order valence-corrected chi connectivity index (χ2v) is 6.73. The van der Waals surface area contributed by atoms with Gasteiger partial charge in [-0.05, 0) is 57.4 Å². The van der Waals surface area contributed by atoms with Crippen LogP contribution in [0.4, 0.5) is 0 Å². The highest BCUT2D eigenvalue weighted by Gasteiger charge is 2.25. The van der Waals surface area contributed by atoms with Crippen LogP contribution in [0.2, 0.25) is 0 Å². The Morgan fingerprint density at radius 3 is 2.80 bits per heavy atom. The second kappa shape index (κ2) is 7.23. The zero-order chi connectivity index (χ0) is 14.5. The van der Waals surface area contributed by atoms with Gasteiger partial charge in [0.25, 0.3) is 0 Å². The molecule has 0 saturated carbocycles. The Kier molecular flexibility index (Phi) is 5.61. The molecule has 0 radical (unpaired) electrons. The maximum atomic E-state index is 12.3. The Balaban J connectivity index is 1.82. The number of nitrogens with one attached hydrogen (secondary N) is 2. The Hall–Kier alpha value is -0.870. The Bertz CT molecular complexity index is 446. The summed E-state index contributed by atoms with van der Waals surface area (Å²) in [6.45, 7) is 5.16. The summed E-state index contributed by atoms with van der Waals surface area (Å²) in [4.78, 5) is 12.3. The first-order chi connectivity index (χ1) is 9.54. The first kappa shape index (κ1) is 15.5. The topological polar surface area (TPSA) is 41.1 Å². The molecular weight excluding hydrogens is 316 g/mol. The zero-order valence-electron chi connectivity index (χ0n) is 12.2. The van der Waals surface area contributed by atoms with E-state index in [1.165, 1.54) is 5.56 Å². The van der Waals surface area contributed by atoms with E-state index in [4.69, 9.17) is 0 Å². The Labute approximate surface area is 129 Å². The molecule has 0 bridgehead atoms. The van der Waals surface area contributed by atoms with Gasteiger partial charge >= 0.3 is 0 Å². The van der Waals surface area contributed by atoms with Crippen LogP contribution in [0.5, 0.6) is 0 Å². The molecule has 3 nitrogen and oxygen atoms in total. The van der Waals surface area contributed by atoms with Gasteiger partial charge in [-0.25, -0.2) is 0 Å². The minimum Gasteiger partial charge on any atom is -0.353 e. The van der Waals surface area contributed by atoms with E-state index >= 15 is 0 Å². The van der Waals surface area contributed by atoms with E-state index in [9.17, 15) is 4.79 Å². The summed E-state index contributed by atoms with van der Waals surface area (Å²) in [6.07, 6.45) is 2.76. The fourth-order valence-corrected chi connectivity index (χ4v) is 3.02. The predicted octanol–water partition coefficient (Wildman–Crippen LogP) is 2.88. The van der Waals surface area contributed by atoms with Crippen molar-refractivity contribution >= 4 is 21.8 Å². The van der Waals surface area contributed by atoms with Crippen molar-refractivity contribution in [2.75, 3.05) is 6.54 Å². The molecule has 1 aromatic rings. The van der Waals surface area contributed by atoms with Gasteiger partial charge in [0.15, 0.2) is 0 Å². The third kappa shape index (κ3) is 4.60. The third-order valence-corrected chi connectivity index (χ3v) is 4.37. The van der Waals surface area contributed by atoms with Gasteiger partial charge in [0.2, 0.25) is 5.91 Å². The van der Waals surface area contributed by atoms with Crippen molar-refractivity contribution in [2.45, 2.75) is 45.2 Å². The molecule has 2 N–H and O–H groups in total. The normalized spacial score (nSPS) is 24.1. The van der Waals surface area contributed by atoms with Crippen molar-refractivity contribution < 1.29 is 4.79 Å². The minimum absolute atomic E-state index is 0.165. The van der Waals surface area contributed by atoms with Crippen molar-refractivity contribution in [1.82, 2.24) is 10.6 Å². The number of hydrogen-bond acceptors (Lipinski definition) is 2. The number of carbonyl (C=O) groups excluding carboxylic acids is 1. The van der Waals surface area contributed by atoms with Crippen molar-refractivity contribution in [3.8, 4) is 0 Å². The SMILES string of the molecule is CC(Cc1ccc(Br)cc1)NC(=O)[C@H]1CCN[C@@H](C)C1. The number of piperidine rings is 1. The van der Waals surface area contributed by atoms with Gasteiger partial charge in [-0.1, -0.05) is 28.1 Å². The highest BCUT2D eigenvalue weighted by molar-refractivity contribution is 9.10. The van der Waals surface area contributed by atoms with E-state index in [-0.39, 0.29) is 17.9 Å². The molecule has 1 aromatic carbocycles. The van der Waals surface area contributed by atoms with Crippen molar-refractivity contribution in [3.05, 3.63) is 34.3 Å². The Morgan fingerprint density at radius 1 is 1.45 bits per heavy atom. The van der Waals surface area contributed by atoms with Gasteiger partial charge < -0.3 is 10.6 Å². The van der Waals surface area contributed by atoms with Crippen LogP contribution in [0.3, 0.4) is 0 Å². The van der Waals surface area contributed by atoms with Gasteiger partial charge in [-0.2, -0.15) is 0 Å². The largest absolute Gasteiger partial charge is 0.353 e. The average molecular weight is 339 g/mol. The fraction of sp³-hybridized carbons (Fsp3) is 0.562. The molecule has 1 aliphatic rings. The lowest BCUT2D eigenvalue weighted by Gasteiger charge is -2.28. The summed E-state index contributed by atoms with van der Waals surface area (Å²) in [5.41, 5.74) is 1.25. The van der Waals surface area contributed by atoms with Gasteiger partial charge in [0.05, 0.1) is 0 Å². The number of amides is 1. The molecule has 20 heavy (non-hydrogen) atoms. The first-order valence-corrected chi connectivity index (χ1v) is 8.12. The van der Waals surface area contributed by atoms with E-state index in [0.717, 1.165) is 30.3 Å². The molecule has 1 unspecified atom stereocenters. The van der Waals surface area contributed by atoms with Crippen molar-refractivity contribution in [3.63, 3.8) is 0 Å². The molecule has 3 atom stereocenters. The molecule has 1 fully saturated rings. The lowest BCUT2D eigenvalue weighted by molar-refractivity contribution is -0.126. The lowest BCUT2D eigenvalue weighted by atomic mass is 9.92. The van der Waals surface area contributed by atoms with Gasteiger partial charge in [0.1, 0.15) is 0 Å². The smallest absolute Gasteiger partial charge is 0.223 e. The number of rotatable bonds is 4. The molecule has 0 aromatic heterocycles. The Morgan fingerprint density at radius 2 is 2.15 bits per heavy atom. The highest BCUT2D eigenvalue weighted by Crippen LogP contribution is 2.17. The molecule has 4 heteroatoms. The van der Waals surface area contributed by atoms with Gasteiger partial charge in [-0.3, -0.25) is 4.79 Å². The van der Waals surface area contributed by atoms with Crippen LogP contribution in [0.25, 0.3) is 0 Å². The lowest BCUT2D eigenvalue weighted by Crippen LogP contribution is -2.45. The number of hydrogen-bond donors (Lipinski definition) is 2. The van der Waals surface area contributed by atoms with Gasteiger partial charge in [0, 0.05) is 22.5 Å². The molecule has 2 rings (SSSR count). The van der Waals surface area contributed by atoms with Crippen LogP contribution < -0.4 is 10.6 Å². The predicted molar refractivity (Wildman–Crippen MR) is 85.6 cm³/mol. The fourth-order valence-electron chi connectivity index (χ4n) is 2.76. The van der Waals surface area contributed by atoms with E-state index in [0.29, 0.717) is 6.04 Å². The second-order valence-electron chi connectivity index (χ2n) is 5.82. The van der Waals surface area contributed by atoms with Crippen LogP contribution in [-0.2, 0) is 11.2 Å². The monoisotopic (exact) mass is 338 g/mol. The van der Waals surface area contributed by atoms with E-state index in [2.05, 4.69) is 52.5 Å². The number of carbonyl (C=O) groups is 1. The molecule has 110 valence electrons. The number of benzene rings is 1. The average Bonchev–Trinajstić information content (AvgIpc) is 2.41. The molecule has 0 aliphatic carbocycles. The number of halogens is 1. The van der Waals surface area contributed by atoms with E-state index in [1.54, 1.807) is 0 Å². The summed E-state index contributed by atoms with van der Waals surface area (Å²) >= 11 is 3.43. The molecule has 1 amide bonds. The quantitative estimate of drug-likeness (QED) is 0.886. The van der Waals surface area contributed by atoms with Crippen LogP contribution in [0, 0.1) is 5.92 Å². The maximum Gasteiger partial charge on any atom is 0.223 e. The molecule has 1 aliphatic heterocycles. The van der Waals surface area contributed by atoms with Gasteiger partial charge in [-0.15, -0.1) is 0 Å². The summed E-state index contributed by atoms with van der Waals surface area (Å²) in [5.74, 6) is 0.376. The van der Waals surface area contributed by atoms with Crippen LogP contribution in [0.1, 0.15) is 32.3 Å². The van der Waals surface area contributed by atoms with Crippen LogP contribution >= 0.6 is 15.9 Å². The zero-order valence-corrected chi connectivity index (χ0v) is 13.7. The molecule has 1 saturated heterocycles. The van der Waals surface area contributed by atoms with E-state index in [1.807, 2.05) is 12.1 Å². The minimum atomic E-state index is 0.165. The maximum absolute atomic E-state index is 12.3. The third-order valence-electron chi connectivity index (χ3n) is 3.84. The summed E-state index contributed by atoms with van der Waals surface area (Å²) < 4.78 is 1.08. The van der Waals surface area contributed by atoms with Crippen molar-refractivity contribution in [2.24, 2.45) is 5.92 Å². The van der Waals surface area contributed by atoms with Crippen LogP contribution in [0.15, 0.2) is 28.7 Å². The van der Waals surface area contributed by atoms with Crippen LogP contribution in [-0.4, -0.2) is 24.5 Å². The highest BCUT2D eigenvalue weighted by atomic mass is 79.9. The first-order valence-electron chi connectivity index (χ1n) is 7.33.